The largest absolute Gasteiger partial charge is 0.366 e. The van der Waals surface area contributed by atoms with Gasteiger partial charge < -0.3 is 11.1 Å². The number of nitrogens with one attached hydrogen (secondary N) is 1. The lowest BCUT2D eigenvalue weighted by Gasteiger charge is -2.08. The number of primary amides is 1. The molecule has 0 saturated heterocycles. The van der Waals surface area contributed by atoms with Crippen molar-refractivity contribution < 1.29 is 14.4 Å². The number of hydrogen-bond acceptors (Lipinski definition) is 4. The molecule has 2 aromatic rings. The highest BCUT2D eigenvalue weighted by Crippen LogP contribution is 2.16. The average Bonchev–Trinajstić information content (AvgIpc) is 2.99. The molecule has 0 aliphatic carbocycles. The molecule has 0 spiro atoms. The summed E-state index contributed by atoms with van der Waals surface area (Å²) < 4.78 is 0. The number of amides is 2. The first-order chi connectivity index (χ1) is 10.1. The molecular formula is C15H14N2O3S. The number of rotatable bonds is 6. The summed E-state index contributed by atoms with van der Waals surface area (Å²) >= 11 is 1.35. The van der Waals surface area contributed by atoms with Crippen LogP contribution in [0, 0.1) is 0 Å². The molecular weight excluding hydrogens is 288 g/mol. The Morgan fingerprint density at radius 1 is 1.05 bits per heavy atom. The van der Waals surface area contributed by atoms with Gasteiger partial charge in [-0.2, -0.15) is 0 Å². The van der Waals surface area contributed by atoms with Crippen molar-refractivity contribution in [1.29, 1.82) is 0 Å². The summed E-state index contributed by atoms with van der Waals surface area (Å²) in [4.78, 5) is 35.5. The second-order valence-electron chi connectivity index (χ2n) is 4.36. The minimum absolute atomic E-state index is 0.0594. The average molecular weight is 302 g/mol. The first-order valence-electron chi connectivity index (χ1n) is 6.33. The number of ketones is 1. The Kier molecular flexibility index (Phi) is 4.84. The van der Waals surface area contributed by atoms with Crippen molar-refractivity contribution in [2.75, 3.05) is 5.32 Å². The van der Waals surface area contributed by atoms with Gasteiger partial charge in [-0.1, -0.05) is 18.2 Å². The summed E-state index contributed by atoms with van der Waals surface area (Å²) in [6, 6.07) is 10.0. The summed E-state index contributed by atoms with van der Waals surface area (Å²) in [5.41, 5.74) is 5.84. The summed E-state index contributed by atoms with van der Waals surface area (Å²) in [7, 11) is 0. The van der Waals surface area contributed by atoms with Crippen LogP contribution in [0.2, 0.25) is 0 Å². The van der Waals surface area contributed by atoms with Crippen LogP contribution < -0.4 is 11.1 Å². The lowest BCUT2D eigenvalue weighted by atomic mass is 10.1. The molecule has 2 rings (SSSR count). The van der Waals surface area contributed by atoms with Crippen molar-refractivity contribution in [2.45, 2.75) is 12.8 Å². The van der Waals surface area contributed by atoms with E-state index in [0.717, 1.165) is 0 Å². The third-order valence-corrected chi connectivity index (χ3v) is 3.75. The fraction of sp³-hybridized carbons (Fsp3) is 0.133. The maximum atomic E-state index is 11.8. The van der Waals surface area contributed by atoms with Crippen LogP contribution in [0.1, 0.15) is 32.9 Å². The second-order valence-corrected chi connectivity index (χ2v) is 5.31. The molecule has 0 unspecified atom stereocenters. The SMILES string of the molecule is NC(=O)c1ccccc1NC(=O)CCC(=O)c1cccs1. The van der Waals surface area contributed by atoms with E-state index in [4.69, 9.17) is 5.73 Å². The van der Waals surface area contributed by atoms with Gasteiger partial charge in [0.25, 0.3) is 5.91 Å². The van der Waals surface area contributed by atoms with Gasteiger partial charge in [0, 0.05) is 12.8 Å². The highest BCUT2D eigenvalue weighted by molar-refractivity contribution is 7.12. The van der Waals surface area contributed by atoms with E-state index in [9.17, 15) is 14.4 Å². The van der Waals surface area contributed by atoms with Gasteiger partial charge in [0.2, 0.25) is 5.91 Å². The van der Waals surface area contributed by atoms with E-state index < -0.39 is 5.91 Å². The normalized spacial score (nSPS) is 10.1. The number of Topliss-reactive ketones (excluding diaryl/α,β-unsaturated/α-hetero) is 1. The molecule has 0 saturated carbocycles. The second kappa shape index (κ2) is 6.81. The van der Waals surface area contributed by atoms with Crippen molar-refractivity contribution in [3.63, 3.8) is 0 Å². The van der Waals surface area contributed by atoms with Crippen LogP contribution in [0.4, 0.5) is 5.69 Å². The minimum atomic E-state index is -0.611. The molecule has 1 heterocycles. The van der Waals surface area contributed by atoms with Crippen molar-refractivity contribution in [3.8, 4) is 0 Å². The van der Waals surface area contributed by atoms with Crippen LogP contribution in [0.15, 0.2) is 41.8 Å². The summed E-state index contributed by atoms with van der Waals surface area (Å²) in [5, 5.41) is 4.42. The maximum Gasteiger partial charge on any atom is 0.250 e. The van der Waals surface area contributed by atoms with Crippen LogP contribution in [-0.4, -0.2) is 17.6 Å². The lowest BCUT2D eigenvalue weighted by Crippen LogP contribution is -2.18. The van der Waals surface area contributed by atoms with Gasteiger partial charge in [-0.05, 0) is 23.6 Å². The Morgan fingerprint density at radius 3 is 2.48 bits per heavy atom. The smallest absolute Gasteiger partial charge is 0.250 e. The van der Waals surface area contributed by atoms with Gasteiger partial charge in [-0.15, -0.1) is 11.3 Å². The molecule has 1 aromatic carbocycles. The molecule has 0 aliphatic rings. The molecule has 0 fully saturated rings. The number of nitrogens with two attached hydrogens (primary N) is 1. The van der Waals surface area contributed by atoms with E-state index in [2.05, 4.69) is 5.32 Å². The Morgan fingerprint density at radius 2 is 1.81 bits per heavy atom. The van der Waals surface area contributed by atoms with Gasteiger partial charge in [0.05, 0.1) is 16.1 Å². The molecule has 3 N–H and O–H groups in total. The number of anilines is 1. The first kappa shape index (κ1) is 14.9. The molecule has 0 aliphatic heterocycles. The monoisotopic (exact) mass is 302 g/mol. The van der Waals surface area contributed by atoms with Gasteiger partial charge in [-0.25, -0.2) is 0 Å². The van der Waals surface area contributed by atoms with Crippen LogP contribution in [0.25, 0.3) is 0 Å². The van der Waals surface area contributed by atoms with Crippen molar-refractivity contribution in [2.24, 2.45) is 5.73 Å². The first-order valence-corrected chi connectivity index (χ1v) is 7.21. The van der Waals surface area contributed by atoms with Gasteiger partial charge in [0.15, 0.2) is 5.78 Å². The van der Waals surface area contributed by atoms with E-state index in [1.165, 1.54) is 17.4 Å². The number of para-hydroxylation sites is 1. The third-order valence-electron chi connectivity index (χ3n) is 2.84. The van der Waals surface area contributed by atoms with Crippen LogP contribution in [0.5, 0.6) is 0 Å². The van der Waals surface area contributed by atoms with Crippen molar-refractivity contribution >= 4 is 34.6 Å². The maximum absolute atomic E-state index is 11.8. The molecule has 0 radical (unpaired) electrons. The van der Waals surface area contributed by atoms with E-state index in [-0.39, 0.29) is 30.1 Å². The van der Waals surface area contributed by atoms with Gasteiger partial charge >= 0.3 is 0 Å². The highest BCUT2D eigenvalue weighted by atomic mass is 32.1. The van der Waals surface area contributed by atoms with Gasteiger partial charge in [-0.3, -0.25) is 14.4 Å². The van der Waals surface area contributed by atoms with Crippen LogP contribution in [-0.2, 0) is 4.79 Å². The summed E-state index contributed by atoms with van der Waals surface area (Å²) in [6.07, 6.45) is 0.189. The quantitative estimate of drug-likeness (QED) is 0.803. The number of thiophene rings is 1. The summed E-state index contributed by atoms with van der Waals surface area (Å²) in [5.74, 6) is -1.00. The van der Waals surface area contributed by atoms with E-state index >= 15 is 0 Å². The molecule has 1 aromatic heterocycles. The fourth-order valence-electron chi connectivity index (χ4n) is 1.81. The Bertz CT molecular complexity index is 665. The molecule has 2 amide bonds. The zero-order chi connectivity index (χ0) is 15.2. The van der Waals surface area contributed by atoms with Crippen molar-refractivity contribution in [3.05, 3.63) is 52.2 Å². The molecule has 0 atom stereocenters. The van der Waals surface area contributed by atoms with Crippen molar-refractivity contribution in [1.82, 2.24) is 0 Å². The van der Waals surface area contributed by atoms with E-state index in [1.54, 1.807) is 30.3 Å². The molecule has 0 bridgehead atoms. The topological polar surface area (TPSA) is 89.3 Å². The highest BCUT2D eigenvalue weighted by Gasteiger charge is 2.13. The van der Waals surface area contributed by atoms with Gasteiger partial charge in [0.1, 0.15) is 0 Å². The zero-order valence-electron chi connectivity index (χ0n) is 11.2. The number of carbonyl (C=O) groups is 3. The number of carbonyl (C=O) groups excluding carboxylic acids is 3. The molecule has 6 heteroatoms. The summed E-state index contributed by atoms with van der Waals surface area (Å²) in [6.45, 7) is 0. The zero-order valence-corrected chi connectivity index (χ0v) is 12.0. The predicted octanol–water partition coefficient (Wildman–Crippen LogP) is 2.45. The Balaban J connectivity index is 1.93. The van der Waals surface area contributed by atoms with Crippen LogP contribution >= 0.6 is 11.3 Å². The number of hydrogen-bond donors (Lipinski definition) is 2. The standard InChI is InChI=1S/C15H14N2O3S/c16-15(20)10-4-1-2-5-11(10)17-14(19)8-7-12(18)13-6-3-9-21-13/h1-6,9H,7-8H2,(H2,16,20)(H,17,19). The molecule has 108 valence electrons. The van der Waals surface area contributed by atoms with E-state index in [1.807, 2.05) is 5.38 Å². The Hall–Kier alpha value is -2.47. The third kappa shape index (κ3) is 4.00. The minimum Gasteiger partial charge on any atom is -0.366 e. The lowest BCUT2D eigenvalue weighted by molar-refractivity contribution is -0.116. The Labute approximate surface area is 125 Å². The van der Waals surface area contributed by atoms with Crippen LogP contribution in [0.3, 0.4) is 0 Å². The molecule has 5 nitrogen and oxygen atoms in total. The fourth-order valence-corrected chi connectivity index (χ4v) is 2.50. The predicted molar refractivity (Wildman–Crippen MR) is 81.5 cm³/mol. The molecule has 21 heavy (non-hydrogen) atoms. The van der Waals surface area contributed by atoms with E-state index in [0.29, 0.717) is 10.6 Å². The number of benzene rings is 1.